The van der Waals surface area contributed by atoms with Crippen LogP contribution in [0, 0.1) is 0 Å². The summed E-state index contributed by atoms with van der Waals surface area (Å²) < 4.78 is 36.9. The van der Waals surface area contributed by atoms with Gasteiger partial charge in [0.2, 0.25) is 12.7 Å². The number of hydrogen-bond acceptors (Lipinski definition) is 6. The zero-order valence-electron chi connectivity index (χ0n) is 13.1. The number of hydrogen-bond donors (Lipinski definition) is 2. The average molecular weight is 362 g/mol. The van der Waals surface area contributed by atoms with Crippen molar-refractivity contribution in [2.24, 2.45) is 0 Å². The van der Waals surface area contributed by atoms with Crippen molar-refractivity contribution in [3.8, 4) is 11.5 Å². The first-order valence-corrected chi connectivity index (χ1v) is 8.68. The third kappa shape index (κ3) is 3.72. The van der Waals surface area contributed by atoms with Gasteiger partial charge in [0.25, 0.3) is 15.9 Å². The number of benzene rings is 2. The first kappa shape index (κ1) is 16.8. The second-order valence-electron chi connectivity index (χ2n) is 5.21. The fourth-order valence-electron chi connectivity index (χ4n) is 2.20. The van der Waals surface area contributed by atoms with Crippen molar-refractivity contribution in [1.82, 2.24) is 4.72 Å². The van der Waals surface area contributed by atoms with Crippen molar-refractivity contribution in [2.75, 3.05) is 12.1 Å². The number of rotatable bonds is 4. The Balaban J connectivity index is 1.76. The molecule has 9 heteroatoms. The van der Waals surface area contributed by atoms with E-state index in [1.165, 1.54) is 49.4 Å². The molecular formula is C16H14N2O6S. The molecule has 0 saturated carbocycles. The number of amides is 2. The van der Waals surface area contributed by atoms with Gasteiger partial charge in [0, 0.05) is 18.2 Å². The summed E-state index contributed by atoms with van der Waals surface area (Å²) in [6.07, 6.45) is 0. The van der Waals surface area contributed by atoms with Crippen molar-refractivity contribution >= 4 is 27.5 Å². The van der Waals surface area contributed by atoms with Crippen LogP contribution in [0.5, 0.6) is 11.5 Å². The number of anilines is 1. The van der Waals surface area contributed by atoms with Crippen LogP contribution in [0.25, 0.3) is 0 Å². The largest absolute Gasteiger partial charge is 0.454 e. The van der Waals surface area contributed by atoms with Gasteiger partial charge in [-0.25, -0.2) is 13.1 Å². The maximum absolute atomic E-state index is 12.3. The highest BCUT2D eigenvalue weighted by Gasteiger charge is 2.21. The molecule has 0 unspecified atom stereocenters. The van der Waals surface area contributed by atoms with Crippen LogP contribution in [0.2, 0.25) is 0 Å². The van der Waals surface area contributed by atoms with Gasteiger partial charge in [-0.2, -0.15) is 0 Å². The molecule has 0 spiro atoms. The van der Waals surface area contributed by atoms with Crippen LogP contribution < -0.4 is 19.5 Å². The lowest BCUT2D eigenvalue weighted by atomic mass is 10.2. The molecule has 1 aliphatic rings. The minimum absolute atomic E-state index is 0.0549. The smallest absolute Gasteiger partial charge is 0.265 e. The highest BCUT2D eigenvalue weighted by molar-refractivity contribution is 7.90. The summed E-state index contributed by atoms with van der Waals surface area (Å²) in [6, 6.07) is 9.83. The van der Waals surface area contributed by atoms with E-state index in [1.807, 2.05) is 4.72 Å². The fourth-order valence-corrected chi connectivity index (χ4v) is 3.17. The van der Waals surface area contributed by atoms with Crippen molar-refractivity contribution in [1.29, 1.82) is 0 Å². The molecule has 0 aromatic heterocycles. The first-order chi connectivity index (χ1) is 11.8. The molecule has 1 heterocycles. The molecular weight excluding hydrogens is 348 g/mol. The van der Waals surface area contributed by atoms with Crippen LogP contribution in [-0.2, 0) is 14.8 Å². The Bertz CT molecular complexity index is 938. The van der Waals surface area contributed by atoms with Crippen molar-refractivity contribution in [2.45, 2.75) is 11.8 Å². The molecule has 2 amide bonds. The third-order valence-corrected chi connectivity index (χ3v) is 4.69. The molecule has 2 aromatic carbocycles. The molecule has 0 bridgehead atoms. The van der Waals surface area contributed by atoms with Crippen LogP contribution in [0.4, 0.5) is 5.69 Å². The van der Waals surface area contributed by atoms with Gasteiger partial charge in [0.15, 0.2) is 11.5 Å². The minimum atomic E-state index is -4.05. The standard InChI is InChI=1S/C16H14N2O6S/c1-10(19)17-12-3-5-13(6-4-12)25(21,22)18-16(20)11-2-7-14-15(8-11)24-9-23-14/h2-8H,9H2,1H3,(H,17,19)(H,18,20). The molecule has 0 atom stereocenters. The summed E-state index contributed by atoms with van der Waals surface area (Å²) in [7, 11) is -4.05. The number of nitrogens with one attached hydrogen (secondary N) is 2. The van der Waals surface area contributed by atoms with Crippen molar-refractivity contribution in [3.05, 3.63) is 48.0 Å². The van der Waals surface area contributed by atoms with E-state index in [0.29, 0.717) is 17.2 Å². The van der Waals surface area contributed by atoms with Gasteiger partial charge in [-0.3, -0.25) is 9.59 Å². The summed E-state index contributed by atoms with van der Waals surface area (Å²) in [6.45, 7) is 1.40. The van der Waals surface area contributed by atoms with Crippen LogP contribution in [0.3, 0.4) is 0 Å². The van der Waals surface area contributed by atoms with Gasteiger partial charge in [0.1, 0.15) is 0 Å². The van der Waals surface area contributed by atoms with Crippen LogP contribution in [-0.4, -0.2) is 27.0 Å². The minimum Gasteiger partial charge on any atom is -0.454 e. The van der Waals surface area contributed by atoms with Gasteiger partial charge in [-0.05, 0) is 42.5 Å². The first-order valence-electron chi connectivity index (χ1n) is 7.19. The topological polar surface area (TPSA) is 111 Å². The van der Waals surface area contributed by atoms with E-state index in [4.69, 9.17) is 9.47 Å². The maximum atomic E-state index is 12.3. The van der Waals surface area contributed by atoms with E-state index >= 15 is 0 Å². The normalized spacial score (nSPS) is 12.5. The van der Waals surface area contributed by atoms with Gasteiger partial charge in [0.05, 0.1) is 4.90 Å². The van der Waals surface area contributed by atoms with Gasteiger partial charge in [-0.15, -0.1) is 0 Å². The SMILES string of the molecule is CC(=O)Nc1ccc(S(=O)(=O)NC(=O)c2ccc3c(c2)OCO3)cc1. The Hall–Kier alpha value is -3.07. The number of carbonyl (C=O) groups excluding carboxylic acids is 2. The molecule has 0 saturated heterocycles. The molecule has 0 radical (unpaired) electrons. The van der Waals surface area contributed by atoms with Crippen molar-refractivity contribution < 1.29 is 27.5 Å². The Morgan fingerprint density at radius 1 is 1.00 bits per heavy atom. The number of sulfonamides is 1. The Morgan fingerprint density at radius 2 is 1.68 bits per heavy atom. The second kappa shape index (κ2) is 6.44. The molecule has 2 aromatic rings. The highest BCUT2D eigenvalue weighted by atomic mass is 32.2. The summed E-state index contributed by atoms with van der Waals surface area (Å²) in [4.78, 5) is 23.1. The molecule has 8 nitrogen and oxygen atoms in total. The molecule has 2 N–H and O–H groups in total. The van der Waals surface area contributed by atoms with Crippen LogP contribution >= 0.6 is 0 Å². The number of ether oxygens (including phenoxy) is 2. The second-order valence-corrected chi connectivity index (χ2v) is 6.89. The summed E-state index contributed by atoms with van der Waals surface area (Å²) in [5, 5.41) is 2.53. The predicted octanol–water partition coefficient (Wildman–Crippen LogP) is 1.49. The van der Waals surface area contributed by atoms with Crippen LogP contribution in [0.1, 0.15) is 17.3 Å². The maximum Gasteiger partial charge on any atom is 0.265 e. The van der Waals surface area contributed by atoms with Crippen molar-refractivity contribution in [3.63, 3.8) is 0 Å². The monoisotopic (exact) mass is 362 g/mol. The molecule has 3 rings (SSSR count). The lowest BCUT2D eigenvalue weighted by Gasteiger charge is -2.08. The van der Waals surface area contributed by atoms with E-state index in [0.717, 1.165) is 0 Å². The van der Waals surface area contributed by atoms with E-state index in [1.54, 1.807) is 0 Å². The van der Waals surface area contributed by atoms with E-state index < -0.39 is 15.9 Å². The Morgan fingerprint density at radius 3 is 2.36 bits per heavy atom. The molecule has 1 aliphatic heterocycles. The van der Waals surface area contributed by atoms with Gasteiger partial charge < -0.3 is 14.8 Å². The van der Waals surface area contributed by atoms with E-state index in [-0.39, 0.29) is 23.2 Å². The third-order valence-electron chi connectivity index (χ3n) is 3.35. The molecule has 25 heavy (non-hydrogen) atoms. The summed E-state index contributed by atoms with van der Waals surface area (Å²) >= 11 is 0. The van der Waals surface area contributed by atoms with Gasteiger partial charge >= 0.3 is 0 Å². The van der Waals surface area contributed by atoms with Crippen LogP contribution in [0.15, 0.2) is 47.4 Å². The Labute approximate surface area is 143 Å². The highest BCUT2D eigenvalue weighted by Crippen LogP contribution is 2.32. The van der Waals surface area contributed by atoms with E-state index in [9.17, 15) is 18.0 Å². The summed E-state index contributed by atoms with van der Waals surface area (Å²) in [5.41, 5.74) is 0.580. The quantitative estimate of drug-likeness (QED) is 0.853. The van der Waals surface area contributed by atoms with Gasteiger partial charge in [-0.1, -0.05) is 0 Å². The molecule has 0 aliphatic carbocycles. The number of fused-ring (bicyclic) bond motifs is 1. The zero-order valence-corrected chi connectivity index (χ0v) is 13.9. The predicted molar refractivity (Wildman–Crippen MR) is 88.0 cm³/mol. The Kier molecular flexibility index (Phi) is 4.32. The van der Waals surface area contributed by atoms with E-state index in [2.05, 4.69) is 5.32 Å². The molecule has 0 fully saturated rings. The lowest BCUT2D eigenvalue weighted by molar-refractivity contribution is -0.114. The average Bonchev–Trinajstić information content (AvgIpc) is 3.02. The molecule has 130 valence electrons. The lowest BCUT2D eigenvalue weighted by Crippen LogP contribution is -2.30. The number of carbonyl (C=O) groups is 2. The summed E-state index contributed by atoms with van der Waals surface area (Å²) in [5.74, 6) is -0.186. The zero-order chi connectivity index (χ0) is 18.0. The fraction of sp³-hybridized carbons (Fsp3) is 0.125.